The second-order valence-electron chi connectivity index (χ2n) is 10.2. The van der Waals surface area contributed by atoms with Crippen LogP contribution in [0.5, 0.6) is 0 Å². The molecule has 9 nitrogen and oxygen atoms in total. The number of allylic oxidation sites excluding steroid dienone is 1. The zero-order valence-corrected chi connectivity index (χ0v) is 23.4. The van der Waals surface area contributed by atoms with E-state index in [1.807, 2.05) is 60.4 Å². The molecule has 0 bridgehead atoms. The van der Waals surface area contributed by atoms with Crippen LogP contribution in [-0.2, 0) is 23.2 Å². The lowest BCUT2D eigenvalue weighted by molar-refractivity contribution is -0.112. The SMILES string of the molecule is C=NC(=N/C=C(\C)F)N1CCN2c3ccc(NC(=O)C(=O)c4c(-c5ccccc5)cc(C)n4C)cc3COCC2C1. The molecule has 2 aromatic carbocycles. The Morgan fingerprint density at radius 3 is 2.66 bits per heavy atom. The highest BCUT2D eigenvalue weighted by Crippen LogP contribution is 2.32. The molecule has 5 rings (SSSR count). The summed E-state index contributed by atoms with van der Waals surface area (Å²) in [7, 11) is 1.79. The van der Waals surface area contributed by atoms with Crippen LogP contribution in [-0.4, -0.2) is 66.1 Å². The molecule has 1 N–H and O–H groups in total. The number of fused-ring (bicyclic) bond motifs is 3. The lowest BCUT2D eigenvalue weighted by atomic mass is 10.0. The van der Waals surface area contributed by atoms with Crippen molar-refractivity contribution >= 4 is 35.7 Å². The maximum atomic E-state index is 13.4. The van der Waals surface area contributed by atoms with E-state index in [4.69, 9.17) is 4.74 Å². The highest BCUT2D eigenvalue weighted by atomic mass is 19.1. The van der Waals surface area contributed by atoms with Crippen molar-refractivity contribution in [3.8, 4) is 11.1 Å². The summed E-state index contributed by atoms with van der Waals surface area (Å²) in [6, 6.07) is 17.1. The highest BCUT2D eigenvalue weighted by Gasteiger charge is 2.32. The summed E-state index contributed by atoms with van der Waals surface area (Å²) in [4.78, 5) is 38.9. The Bertz CT molecular complexity index is 1540. The van der Waals surface area contributed by atoms with Gasteiger partial charge in [0.2, 0.25) is 5.96 Å². The van der Waals surface area contributed by atoms with Crippen LogP contribution in [0, 0.1) is 6.92 Å². The molecule has 1 amide bonds. The van der Waals surface area contributed by atoms with Gasteiger partial charge >= 0.3 is 0 Å². The van der Waals surface area contributed by atoms with Crippen molar-refractivity contribution in [2.45, 2.75) is 26.5 Å². The monoisotopic (exact) mass is 556 g/mol. The van der Waals surface area contributed by atoms with Crippen molar-refractivity contribution < 1.29 is 18.7 Å². The minimum atomic E-state index is -0.703. The standard InChI is InChI=1S/C31H33FN6O3/c1-20(32)16-34-31(33-3)37-12-13-38-25(17-37)19-41-18-23-15-24(10-11-27(23)38)35-30(40)29(39)28-26(14-21(2)36(28)4)22-8-6-5-7-9-22/h5-11,14-16,25H,3,12-13,17-19H2,1-2,4H3,(H,35,40)/b20-16+,34-31?. The Morgan fingerprint density at radius 1 is 1.15 bits per heavy atom. The number of piperazine rings is 1. The summed E-state index contributed by atoms with van der Waals surface area (Å²) in [5.41, 5.74) is 5.27. The summed E-state index contributed by atoms with van der Waals surface area (Å²) in [5, 5.41) is 2.80. The molecule has 10 heteroatoms. The van der Waals surface area contributed by atoms with Crippen LogP contribution in [0.2, 0.25) is 0 Å². The van der Waals surface area contributed by atoms with E-state index in [9.17, 15) is 14.0 Å². The largest absolute Gasteiger partial charge is 0.374 e. The predicted molar refractivity (Wildman–Crippen MR) is 159 cm³/mol. The summed E-state index contributed by atoms with van der Waals surface area (Å²) >= 11 is 0. The third-order valence-corrected chi connectivity index (χ3v) is 7.46. The van der Waals surface area contributed by atoms with E-state index in [1.165, 1.54) is 6.92 Å². The minimum absolute atomic E-state index is 0.0198. The van der Waals surface area contributed by atoms with Crippen LogP contribution in [0.3, 0.4) is 0 Å². The molecule has 1 unspecified atom stereocenters. The van der Waals surface area contributed by atoms with Crippen molar-refractivity contribution in [2.75, 3.05) is 36.5 Å². The number of hydrogen-bond donors (Lipinski definition) is 1. The molecule has 41 heavy (non-hydrogen) atoms. The second kappa shape index (κ2) is 11.9. The van der Waals surface area contributed by atoms with Gasteiger partial charge in [-0.25, -0.2) is 14.4 Å². The first-order chi connectivity index (χ1) is 19.8. The number of aryl methyl sites for hydroxylation is 1. The number of Topliss-reactive ketones (excluding diaryl/α,β-unsaturated/α-hetero) is 1. The van der Waals surface area contributed by atoms with Gasteiger partial charge in [-0.05, 0) is 50.4 Å². The number of halogens is 1. The molecule has 3 heterocycles. The van der Waals surface area contributed by atoms with Crippen molar-refractivity contribution in [1.29, 1.82) is 0 Å². The highest BCUT2D eigenvalue weighted by molar-refractivity contribution is 6.47. The molecule has 1 fully saturated rings. The number of aromatic nitrogens is 1. The predicted octanol–water partition coefficient (Wildman–Crippen LogP) is 4.73. The number of nitrogens with one attached hydrogen (secondary N) is 1. The minimum Gasteiger partial charge on any atom is -0.374 e. The lowest BCUT2D eigenvalue weighted by Gasteiger charge is -2.42. The number of guanidine groups is 1. The normalized spacial score (nSPS) is 17.4. The fourth-order valence-corrected chi connectivity index (χ4v) is 5.37. The van der Waals surface area contributed by atoms with Crippen molar-refractivity contribution in [3.05, 3.63) is 83.6 Å². The molecule has 1 saturated heterocycles. The zero-order valence-electron chi connectivity index (χ0n) is 23.4. The van der Waals surface area contributed by atoms with Gasteiger partial charge in [0.05, 0.1) is 25.5 Å². The number of hydrogen-bond acceptors (Lipinski definition) is 5. The summed E-state index contributed by atoms with van der Waals surface area (Å²) < 4.78 is 21.0. The third-order valence-electron chi connectivity index (χ3n) is 7.46. The number of nitrogens with zero attached hydrogens (tertiary/aromatic N) is 5. The summed E-state index contributed by atoms with van der Waals surface area (Å²) in [5.74, 6) is -1.34. The Kier molecular flexibility index (Phi) is 8.11. The number of ether oxygens (including phenoxy) is 1. The van der Waals surface area contributed by atoms with Crippen LogP contribution in [0.4, 0.5) is 15.8 Å². The zero-order chi connectivity index (χ0) is 29.1. The van der Waals surface area contributed by atoms with Gasteiger partial charge in [0.15, 0.2) is 0 Å². The van der Waals surface area contributed by atoms with Gasteiger partial charge in [-0.1, -0.05) is 30.3 Å². The van der Waals surface area contributed by atoms with Gasteiger partial charge in [0.25, 0.3) is 11.7 Å². The Morgan fingerprint density at radius 2 is 1.93 bits per heavy atom. The van der Waals surface area contributed by atoms with Gasteiger partial charge in [0, 0.05) is 54.9 Å². The van der Waals surface area contributed by atoms with Crippen LogP contribution in [0.15, 0.2) is 76.6 Å². The molecule has 0 saturated carbocycles. The Hall–Kier alpha value is -4.57. The Balaban J connectivity index is 1.33. The van der Waals surface area contributed by atoms with E-state index < -0.39 is 17.5 Å². The number of anilines is 2. The molecule has 0 radical (unpaired) electrons. The van der Waals surface area contributed by atoms with Gasteiger partial charge in [0.1, 0.15) is 11.5 Å². The topological polar surface area (TPSA) is 91.5 Å². The first-order valence-electron chi connectivity index (χ1n) is 13.4. The number of aliphatic imine (C=N–C) groups is 2. The second-order valence-corrected chi connectivity index (χ2v) is 10.2. The number of ketones is 1. The molecule has 0 aliphatic carbocycles. The first kappa shape index (κ1) is 28.0. The molecule has 212 valence electrons. The smallest absolute Gasteiger partial charge is 0.298 e. The van der Waals surface area contributed by atoms with Crippen LogP contribution in [0.1, 0.15) is 28.7 Å². The van der Waals surface area contributed by atoms with E-state index in [1.54, 1.807) is 17.7 Å². The number of carbonyl (C=O) groups is 2. The maximum Gasteiger partial charge on any atom is 0.298 e. The molecule has 0 spiro atoms. The van der Waals surface area contributed by atoms with Crippen LogP contribution >= 0.6 is 0 Å². The third kappa shape index (κ3) is 5.83. The van der Waals surface area contributed by atoms with Crippen LogP contribution in [0.25, 0.3) is 11.1 Å². The average Bonchev–Trinajstić information content (AvgIpc) is 3.15. The molecule has 1 atom stereocenters. The number of carbonyl (C=O) groups excluding carboxylic acids is 2. The quantitative estimate of drug-likeness (QED) is 0.212. The molecule has 3 aromatic rings. The van der Waals surface area contributed by atoms with Crippen molar-refractivity contribution in [2.24, 2.45) is 17.0 Å². The van der Waals surface area contributed by atoms with Crippen molar-refractivity contribution in [3.63, 3.8) is 0 Å². The Labute approximate surface area is 238 Å². The first-order valence-corrected chi connectivity index (χ1v) is 13.4. The summed E-state index contributed by atoms with van der Waals surface area (Å²) in [6.45, 7) is 9.54. The van der Waals surface area contributed by atoms with E-state index in [2.05, 4.69) is 26.9 Å². The van der Waals surface area contributed by atoms with Gasteiger partial charge in [-0.15, -0.1) is 0 Å². The van der Waals surface area contributed by atoms with Crippen molar-refractivity contribution in [1.82, 2.24) is 9.47 Å². The fourth-order valence-electron chi connectivity index (χ4n) is 5.37. The van der Waals surface area contributed by atoms with Crippen LogP contribution < -0.4 is 10.2 Å². The lowest BCUT2D eigenvalue weighted by Crippen LogP contribution is -2.56. The molecule has 2 aliphatic rings. The molecule has 2 aliphatic heterocycles. The maximum absolute atomic E-state index is 13.4. The van der Waals surface area contributed by atoms with Gasteiger partial charge in [-0.2, -0.15) is 0 Å². The van der Waals surface area contributed by atoms with E-state index in [0.29, 0.717) is 50.2 Å². The van der Waals surface area contributed by atoms with Gasteiger partial charge in [-0.3, -0.25) is 9.59 Å². The molecular formula is C31H33FN6O3. The molecular weight excluding hydrogens is 523 g/mol. The van der Waals surface area contributed by atoms with E-state index in [0.717, 1.165) is 34.3 Å². The number of benzene rings is 2. The number of rotatable bonds is 5. The van der Waals surface area contributed by atoms with E-state index in [-0.39, 0.29) is 6.04 Å². The molecule has 1 aromatic heterocycles. The van der Waals surface area contributed by atoms with Gasteiger partial charge < -0.3 is 24.4 Å². The fraction of sp³-hybridized carbons (Fsp3) is 0.290. The summed E-state index contributed by atoms with van der Waals surface area (Å²) in [6.07, 6.45) is 1.14. The average molecular weight is 557 g/mol. The number of amides is 1. The van der Waals surface area contributed by atoms with E-state index >= 15 is 0 Å².